The second-order valence-electron chi connectivity index (χ2n) is 3.34. The second-order valence-corrected chi connectivity index (χ2v) is 3.34. The Labute approximate surface area is 88.2 Å². The third-order valence-corrected chi connectivity index (χ3v) is 2.12. The maximum Gasteiger partial charge on any atom is 0.180 e. The molecule has 74 valence electrons. The molecule has 0 aliphatic carbocycles. The highest BCUT2D eigenvalue weighted by molar-refractivity contribution is 5.21. The number of aromatic nitrogens is 1. The number of nitrogens with zero attached hydrogens (tertiary/aromatic N) is 1. The largest absolute Gasteiger partial charge is 0.290 e. The summed E-state index contributed by atoms with van der Waals surface area (Å²) < 4.78 is 0. The van der Waals surface area contributed by atoms with Crippen LogP contribution in [0.5, 0.6) is 0 Å². The van der Waals surface area contributed by atoms with E-state index in [1.165, 1.54) is 6.07 Å². The van der Waals surface area contributed by atoms with Gasteiger partial charge in [0.05, 0.1) is 0 Å². The zero-order chi connectivity index (χ0) is 10.5. The van der Waals surface area contributed by atoms with Crippen LogP contribution in [-0.4, -0.2) is 4.98 Å². The Bertz CT molecular complexity index is 494. The molecule has 0 unspecified atom stereocenters. The van der Waals surface area contributed by atoms with Crippen LogP contribution in [0, 0.1) is 0 Å². The summed E-state index contributed by atoms with van der Waals surface area (Å²) in [7, 11) is 0. The van der Waals surface area contributed by atoms with Crippen LogP contribution < -0.4 is 5.43 Å². The first-order chi connectivity index (χ1) is 7.34. The Balaban J connectivity index is 2.30. The molecule has 0 atom stereocenters. The lowest BCUT2D eigenvalue weighted by molar-refractivity contribution is 1.08. The van der Waals surface area contributed by atoms with E-state index in [9.17, 15) is 4.79 Å². The Morgan fingerprint density at radius 3 is 2.60 bits per heavy atom. The average molecular weight is 197 g/mol. The molecule has 2 rings (SSSR count). The van der Waals surface area contributed by atoms with E-state index in [2.05, 4.69) is 4.98 Å². The second kappa shape index (κ2) is 4.51. The van der Waals surface area contributed by atoms with Gasteiger partial charge in [0, 0.05) is 24.4 Å². The minimum atomic E-state index is -0.00145. The van der Waals surface area contributed by atoms with Crippen LogP contribution in [0.3, 0.4) is 0 Å². The van der Waals surface area contributed by atoms with Crippen LogP contribution in [0.1, 0.15) is 11.3 Å². The van der Waals surface area contributed by atoms with Gasteiger partial charge in [-0.25, -0.2) is 0 Å². The SMILES string of the molecule is O=c1cccnc(Cc2ccccc2)c1. The van der Waals surface area contributed by atoms with Crippen LogP contribution in [0.25, 0.3) is 0 Å². The van der Waals surface area contributed by atoms with E-state index in [4.69, 9.17) is 0 Å². The molecule has 15 heavy (non-hydrogen) atoms. The molecule has 0 fully saturated rings. The predicted octanol–water partition coefficient (Wildman–Crippen LogP) is 2.03. The van der Waals surface area contributed by atoms with E-state index >= 15 is 0 Å². The average Bonchev–Trinajstić information content (AvgIpc) is 2.44. The first-order valence-electron chi connectivity index (χ1n) is 4.84. The van der Waals surface area contributed by atoms with E-state index in [1.807, 2.05) is 30.3 Å². The Morgan fingerprint density at radius 1 is 1.00 bits per heavy atom. The van der Waals surface area contributed by atoms with E-state index in [0.717, 1.165) is 11.3 Å². The lowest BCUT2D eigenvalue weighted by Gasteiger charge is -1.97. The zero-order valence-corrected chi connectivity index (χ0v) is 8.26. The Hall–Kier alpha value is -1.96. The maximum atomic E-state index is 11.2. The molecule has 0 bridgehead atoms. The minimum absolute atomic E-state index is 0.00145. The Kier molecular flexibility index (Phi) is 2.88. The number of hydrogen-bond acceptors (Lipinski definition) is 2. The molecule has 0 spiro atoms. The van der Waals surface area contributed by atoms with Crippen LogP contribution in [0.2, 0.25) is 0 Å². The number of hydrogen-bond donors (Lipinski definition) is 0. The minimum Gasteiger partial charge on any atom is -0.290 e. The number of rotatable bonds is 2. The normalized spacial score (nSPS) is 9.87. The van der Waals surface area contributed by atoms with E-state index in [-0.39, 0.29) is 5.43 Å². The van der Waals surface area contributed by atoms with Crippen molar-refractivity contribution in [2.45, 2.75) is 6.42 Å². The topological polar surface area (TPSA) is 30.0 Å². The molecule has 2 nitrogen and oxygen atoms in total. The molecule has 2 heteroatoms. The van der Waals surface area contributed by atoms with Crippen LogP contribution in [0.4, 0.5) is 0 Å². The van der Waals surface area contributed by atoms with Crippen LogP contribution in [0.15, 0.2) is 59.5 Å². The van der Waals surface area contributed by atoms with Crippen molar-refractivity contribution in [1.82, 2.24) is 4.98 Å². The fraction of sp³-hybridized carbons (Fsp3) is 0.0769. The zero-order valence-electron chi connectivity index (χ0n) is 8.26. The molecule has 0 amide bonds. The summed E-state index contributed by atoms with van der Waals surface area (Å²) >= 11 is 0. The lowest BCUT2D eigenvalue weighted by atomic mass is 10.1. The molecule has 1 heterocycles. The fourth-order valence-corrected chi connectivity index (χ4v) is 1.43. The number of benzene rings is 1. The molecular formula is C13H11NO. The summed E-state index contributed by atoms with van der Waals surface area (Å²) in [6.45, 7) is 0. The van der Waals surface area contributed by atoms with Crippen molar-refractivity contribution < 1.29 is 0 Å². The standard InChI is InChI=1S/C13H11NO/c15-13-7-4-8-14-12(10-13)9-11-5-2-1-3-6-11/h1-8,10H,9H2. The van der Waals surface area contributed by atoms with Gasteiger partial charge >= 0.3 is 0 Å². The molecule has 0 N–H and O–H groups in total. The van der Waals surface area contributed by atoms with E-state index in [0.29, 0.717) is 6.42 Å². The first-order valence-corrected chi connectivity index (χ1v) is 4.84. The van der Waals surface area contributed by atoms with Gasteiger partial charge in [0.2, 0.25) is 0 Å². The van der Waals surface area contributed by atoms with Gasteiger partial charge in [-0.1, -0.05) is 30.3 Å². The van der Waals surface area contributed by atoms with Crippen molar-refractivity contribution in [3.63, 3.8) is 0 Å². The molecular weight excluding hydrogens is 186 g/mol. The first kappa shape index (κ1) is 9.59. The van der Waals surface area contributed by atoms with Crippen molar-refractivity contribution in [2.24, 2.45) is 0 Å². The van der Waals surface area contributed by atoms with Crippen molar-refractivity contribution in [1.29, 1.82) is 0 Å². The van der Waals surface area contributed by atoms with E-state index in [1.54, 1.807) is 18.3 Å². The lowest BCUT2D eigenvalue weighted by Crippen LogP contribution is -1.96. The summed E-state index contributed by atoms with van der Waals surface area (Å²) in [6, 6.07) is 14.7. The van der Waals surface area contributed by atoms with Crippen LogP contribution in [-0.2, 0) is 6.42 Å². The molecule has 0 aliphatic heterocycles. The summed E-state index contributed by atoms with van der Waals surface area (Å²) in [5.41, 5.74) is 1.96. The van der Waals surface area contributed by atoms with Gasteiger partial charge in [-0.3, -0.25) is 9.78 Å². The van der Waals surface area contributed by atoms with Crippen molar-refractivity contribution in [3.8, 4) is 0 Å². The Morgan fingerprint density at radius 2 is 1.80 bits per heavy atom. The molecule has 1 aromatic carbocycles. The van der Waals surface area contributed by atoms with Gasteiger partial charge in [-0.05, 0) is 17.7 Å². The predicted molar refractivity (Wildman–Crippen MR) is 59.8 cm³/mol. The third kappa shape index (κ3) is 2.74. The summed E-state index contributed by atoms with van der Waals surface area (Å²) in [4.78, 5) is 15.4. The quantitative estimate of drug-likeness (QED) is 0.737. The van der Waals surface area contributed by atoms with Crippen molar-refractivity contribution >= 4 is 0 Å². The summed E-state index contributed by atoms with van der Waals surface area (Å²) in [6.07, 6.45) is 2.35. The third-order valence-electron chi connectivity index (χ3n) is 2.12. The summed E-state index contributed by atoms with van der Waals surface area (Å²) in [5.74, 6) is 0. The molecule has 0 aliphatic rings. The van der Waals surface area contributed by atoms with Gasteiger partial charge in [-0.2, -0.15) is 0 Å². The fourth-order valence-electron chi connectivity index (χ4n) is 1.43. The van der Waals surface area contributed by atoms with Gasteiger partial charge < -0.3 is 0 Å². The van der Waals surface area contributed by atoms with Gasteiger partial charge in [0.1, 0.15) is 0 Å². The van der Waals surface area contributed by atoms with Gasteiger partial charge in [-0.15, -0.1) is 0 Å². The van der Waals surface area contributed by atoms with Gasteiger partial charge in [0.15, 0.2) is 5.43 Å². The smallest absolute Gasteiger partial charge is 0.180 e. The van der Waals surface area contributed by atoms with Gasteiger partial charge in [0.25, 0.3) is 0 Å². The van der Waals surface area contributed by atoms with Crippen molar-refractivity contribution in [3.05, 3.63) is 76.2 Å². The summed E-state index contributed by atoms with van der Waals surface area (Å²) in [5, 5.41) is 0. The highest BCUT2D eigenvalue weighted by Crippen LogP contribution is 2.04. The monoisotopic (exact) mass is 197 g/mol. The maximum absolute atomic E-state index is 11.2. The molecule has 0 saturated carbocycles. The molecule has 0 saturated heterocycles. The highest BCUT2D eigenvalue weighted by Gasteiger charge is 1.95. The molecule has 1 aromatic heterocycles. The van der Waals surface area contributed by atoms with Crippen molar-refractivity contribution in [2.75, 3.05) is 0 Å². The van der Waals surface area contributed by atoms with E-state index < -0.39 is 0 Å². The molecule has 2 aromatic rings. The van der Waals surface area contributed by atoms with Crippen LogP contribution >= 0.6 is 0 Å². The highest BCUT2D eigenvalue weighted by atomic mass is 16.1. The molecule has 0 radical (unpaired) electrons.